The Hall–Kier alpha value is -1.05. The highest BCUT2D eigenvalue weighted by Crippen LogP contribution is 1.92. The molecule has 0 atom stereocenters. The third-order valence-electron chi connectivity index (χ3n) is 1.16. The molecule has 2 heteroatoms. The number of esters is 1. The van der Waals surface area contributed by atoms with Crippen LogP contribution in [0.4, 0.5) is 0 Å². The van der Waals surface area contributed by atoms with Crippen molar-refractivity contribution in [1.82, 2.24) is 0 Å². The van der Waals surface area contributed by atoms with Gasteiger partial charge in [-0.2, -0.15) is 0 Å². The second-order valence-corrected chi connectivity index (χ2v) is 2.08. The summed E-state index contributed by atoms with van der Waals surface area (Å²) in [6.45, 7) is 5.74. The van der Waals surface area contributed by atoms with E-state index in [0.717, 1.165) is 12.8 Å². The van der Waals surface area contributed by atoms with E-state index in [-0.39, 0.29) is 5.97 Å². The van der Waals surface area contributed by atoms with E-state index in [9.17, 15) is 4.79 Å². The van der Waals surface area contributed by atoms with E-state index in [1.54, 1.807) is 0 Å². The molecular formula is C9H14O2. The van der Waals surface area contributed by atoms with Crippen LogP contribution in [0.5, 0.6) is 0 Å². The van der Waals surface area contributed by atoms with Crippen LogP contribution >= 0.6 is 0 Å². The molecule has 0 aliphatic rings. The smallest absolute Gasteiger partial charge is 0.330 e. The number of unbranched alkanes of at least 4 members (excludes halogenated alkanes) is 1. The van der Waals surface area contributed by atoms with Crippen LogP contribution in [0.15, 0.2) is 24.8 Å². The molecule has 0 fully saturated rings. The lowest BCUT2D eigenvalue weighted by Crippen LogP contribution is -2.00. The molecule has 0 spiro atoms. The maximum atomic E-state index is 10.5. The minimum absolute atomic E-state index is 0.342. The average molecular weight is 154 g/mol. The van der Waals surface area contributed by atoms with Gasteiger partial charge in [-0.15, -0.1) is 0 Å². The van der Waals surface area contributed by atoms with Crippen LogP contribution in [0.1, 0.15) is 19.8 Å². The predicted octanol–water partition coefficient (Wildman–Crippen LogP) is 2.07. The molecule has 0 saturated carbocycles. The largest absolute Gasteiger partial charge is 0.463 e. The highest BCUT2D eigenvalue weighted by atomic mass is 16.5. The molecule has 0 aromatic rings. The Balaban J connectivity index is 3.14. The maximum Gasteiger partial charge on any atom is 0.330 e. The third kappa shape index (κ3) is 6.84. The number of carbonyl (C=O) groups excluding carboxylic acids is 1. The van der Waals surface area contributed by atoms with Crippen LogP contribution in [0.2, 0.25) is 0 Å². The minimum atomic E-state index is -0.342. The third-order valence-corrected chi connectivity index (χ3v) is 1.16. The number of allylic oxidation sites excluding steroid dienone is 2. The van der Waals surface area contributed by atoms with Gasteiger partial charge in [0.1, 0.15) is 0 Å². The van der Waals surface area contributed by atoms with Crippen molar-refractivity contribution in [2.24, 2.45) is 0 Å². The summed E-state index contributed by atoms with van der Waals surface area (Å²) >= 11 is 0. The van der Waals surface area contributed by atoms with Gasteiger partial charge in [0.15, 0.2) is 0 Å². The van der Waals surface area contributed by atoms with E-state index in [1.165, 1.54) is 6.08 Å². The Bertz CT molecular complexity index is 148. The lowest BCUT2D eigenvalue weighted by molar-refractivity contribution is -0.137. The molecule has 0 aliphatic carbocycles. The molecule has 0 aromatic heterocycles. The fraction of sp³-hybridized carbons (Fsp3) is 0.444. The van der Waals surface area contributed by atoms with Crippen molar-refractivity contribution in [2.75, 3.05) is 6.61 Å². The van der Waals surface area contributed by atoms with Crippen molar-refractivity contribution >= 4 is 5.97 Å². The first kappa shape index (κ1) is 9.95. The SMILES string of the molecule is C=CC(=O)OCCC/C=C\C. The molecule has 0 heterocycles. The first-order chi connectivity index (χ1) is 5.31. The summed E-state index contributed by atoms with van der Waals surface area (Å²) in [6.07, 6.45) is 7.04. The summed E-state index contributed by atoms with van der Waals surface area (Å²) in [5.41, 5.74) is 0. The van der Waals surface area contributed by atoms with Gasteiger partial charge in [-0.25, -0.2) is 4.79 Å². The molecule has 0 aromatic carbocycles. The molecule has 0 aliphatic heterocycles. The van der Waals surface area contributed by atoms with Crippen molar-refractivity contribution < 1.29 is 9.53 Å². The Kier molecular flexibility index (Phi) is 6.39. The van der Waals surface area contributed by atoms with Crippen LogP contribution in [0.25, 0.3) is 0 Å². The summed E-state index contributed by atoms with van der Waals surface area (Å²) < 4.78 is 4.75. The van der Waals surface area contributed by atoms with Gasteiger partial charge in [0.25, 0.3) is 0 Å². The van der Waals surface area contributed by atoms with Crippen molar-refractivity contribution in [3.63, 3.8) is 0 Å². The molecule has 0 N–H and O–H groups in total. The Labute approximate surface area is 67.6 Å². The van der Waals surface area contributed by atoms with Crippen LogP contribution in [-0.2, 0) is 9.53 Å². The van der Waals surface area contributed by atoms with Gasteiger partial charge >= 0.3 is 5.97 Å². The molecule has 2 nitrogen and oxygen atoms in total. The zero-order valence-corrected chi connectivity index (χ0v) is 6.88. The van der Waals surface area contributed by atoms with E-state index < -0.39 is 0 Å². The second-order valence-electron chi connectivity index (χ2n) is 2.08. The Morgan fingerprint density at radius 1 is 1.64 bits per heavy atom. The highest BCUT2D eigenvalue weighted by molar-refractivity contribution is 5.81. The van der Waals surface area contributed by atoms with E-state index >= 15 is 0 Å². The normalized spacial score (nSPS) is 9.91. The van der Waals surface area contributed by atoms with Crippen molar-refractivity contribution in [3.8, 4) is 0 Å². The molecule has 0 radical (unpaired) electrons. The second kappa shape index (κ2) is 7.06. The molecule has 0 unspecified atom stereocenters. The number of ether oxygens (including phenoxy) is 1. The molecule has 62 valence electrons. The topological polar surface area (TPSA) is 26.3 Å². The molecule has 0 saturated heterocycles. The first-order valence-corrected chi connectivity index (χ1v) is 3.71. The van der Waals surface area contributed by atoms with Gasteiger partial charge < -0.3 is 4.74 Å². The van der Waals surface area contributed by atoms with Gasteiger partial charge in [-0.05, 0) is 19.8 Å². The highest BCUT2D eigenvalue weighted by Gasteiger charge is 1.92. The number of hydrogen-bond acceptors (Lipinski definition) is 2. The van der Waals surface area contributed by atoms with Crippen molar-refractivity contribution in [2.45, 2.75) is 19.8 Å². The summed E-state index contributed by atoms with van der Waals surface area (Å²) in [6, 6.07) is 0. The van der Waals surface area contributed by atoms with Gasteiger partial charge in [0.05, 0.1) is 6.61 Å². The molecule has 0 bridgehead atoms. The lowest BCUT2D eigenvalue weighted by atomic mass is 10.3. The summed E-state index contributed by atoms with van der Waals surface area (Å²) in [7, 11) is 0. The van der Waals surface area contributed by atoms with Crippen LogP contribution < -0.4 is 0 Å². The average Bonchev–Trinajstić information content (AvgIpc) is 2.04. The standard InChI is InChI=1S/C9H14O2/c1-3-5-6-7-8-11-9(10)4-2/h3-5H,2,6-8H2,1H3/b5-3-. The number of carbonyl (C=O) groups is 1. The minimum Gasteiger partial charge on any atom is -0.463 e. The Morgan fingerprint density at radius 2 is 2.36 bits per heavy atom. The van der Waals surface area contributed by atoms with Gasteiger partial charge in [-0.3, -0.25) is 0 Å². The van der Waals surface area contributed by atoms with E-state index in [4.69, 9.17) is 4.74 Å². The Morgan fingerprint density at radius 3 is 2.91 bits per heavy atom. The first-order valence-electron chi connectivity index (χ1n) is 3.71. The fourth-order valence-corrected chi connectivity index (χ4v) is 0.600. The number of rotatable bonds is 5. The summed E-state index contributed by atoms with van der Waals surface area (Å²) in [5.74, 6) is -0.342. The summed E-state index contributed by atoms with van der Waals surface area (Å²) in [5, 5.41) is 0. The van der Waals surface area contributed by atoms with Gasteiger partial charge in [-0.1, -0.05) is 18.7 Å². The fourth-order valence-electron chi connectivity index (χ4n) is 0.600. The van der Waals surface area contributed by atoms with Crippen LogP contribution in [0, 0.1) is 0 Å². The quantitative estimate of drug-likeness (QED) is 0.262. The number of hydrogen-bond donors (Lipinski definition) is 0. The summed E-state index contributed by atoms with van der Waals surface area (Å²) in [4.78, 5) is 10.5. The van der Waals surface area contributed by atoms with E-state index in [2.05, 4.69) is 6.58 Å². The molecule has 0 rings (SSSR count). The van der Waals surface area contributed by atoms with Gasteiger partial charge in [0, 0.05) is 6.08 Å². The molecular weight excluding hydrogens is 140 g/mol. The van der Waals surface area contributed by atoms with Crippen molar-refractivity contribution in [3.05, 3.63) is 24.8 Å². The predicted molar refractivity (Wildman–Crippen MR) is 45.2 cm³/mol. The van der Waals surface area contributed by atoms with Crippen LogP contribution in [-0.4, -0.2) is 12.6 Å². The van der Waals surface area contributed by atoms with Gasteiger partial charge in [0.2, 0.25) is 0 Å². The monoisotopic (exact) mass is 154 g/mol. The zero-order chi connectivity index (χ0) is 8.53. The van der Waals surface area contributed by atoms with E-state index in [0.29, 0.717) is 6.61 Å². The zero-order valence-electron chi connectivity index (χ0n) is 6.88. The van der Waals surface area contributed by atoms with Crippen LogP contribution in [0.3, 0.4) is 0 Å². The molecule has 11 heavy (non-hydrogen) atoms. The lowest BCUT2D eigenvalue weighted by Gasteiger charge is -1.97. The molecule has 0 amide bonds. The van der Waals surface area contributed by atoms with E-state index in [1.807, 2.05) is 19.1 Å². The van der Waals surface area contributed by atoms with Crippen molar-refractivity contribution in [1.29, 1.82) is 0 Å². The maximum absolute atomic E-state index is 10.5.